The van der Waals surface area contributed by atoms with E-state index in [0.717, 1.165) is 0 Å². The van der Waals surface area contributed by atoms with Crippen molar-refractivity contribution >= 4 is 15.7 Å². The van der Waals surface area contributed by atoms with Crippen molar-refractivity contribution in [3.8, 4) is 11.3 Å². The summed E-state index contributed by atoms with van der Waals surface area (Å²) in [6.07, 6.45) is 0.155. The van der Waals surface area contributed by atoms with E-state index >= 15 is 0 Å². The molecule has 2 aromatic rings. The quantitative estimate of drug-likeness (QED) is 0.858. The molecule has 8 heteroatoms. The second-order valence-corrected chi connectivity index (χ2v) is 8.51. The molecule has 0 atom stereocenters. The van der Waals surface area contributed by atoms with E-state index in [9.17, 15) is 22.7 Å². The van der Waals surface area contributed by atoms with Crippen LogP contribution in [0.1, 0.15) is 23.4 Å². The first-order valence-electron chi connectivity index (χ1n) is 7.84. The van der Waals surface area contributed by atoms with Gasteiger partial charge in [0, 0.05) is 6.54 Å². The molecule has 2 N–H and O–H groups in total. The fourth-order valence-corrected chi connectivity index (χ4v) is 4.28. The topological polar surface area (TPSA) is 96.6 Å². The summed E-state index contributed by atoms with van der Waals surface area (Å²) in [4.78, 5) is 12.2. The SMILES string of the molecule is O=C(NCC1(O)CCS(=O)(=O)CC1)c1ccc(-c2ccccc2F)o1. The largest absolute Gasteiger partial charge is 0.451 e. The number of carbonyl (C=O) groups excluding carboxylic acids is 1. The molecule has 2 heterocycles. The monoisotopic (exact) mass is 367 g/mol. The van der Waals surface area contributed by atoms with Gasteiger partial charge in [-0.2, -0.15) is 0 Å². The molecule has 6 nitrogen and oxygen atoms in total. The second-order valence-electron chi connectivity index (χ2n) is 6.20. The Labute approximate surface area is 144 Å². The molecule has 0 saturated carbocycles. The minimum atomic E-state index is -3.10. The Kier molecular flexibility index (Phi) is 4.66. The number of benzene rings is 1. The Hall–Kier alpha value is -2.19. The molecule has 1 saturated heterocycles. The molecule has 1 aliphatic heterocycles. The van der Waals surface area contributed by atoms with Gasteiger partial charge in [0.1, 0.15) is 11.6 Å². The molecule has 0 bridgehead atoms. The van der Waals surface area contributed by atoms with E-state index in [4.69, 9.17) is 4.42 Å². The molecule has 1 aromatic heterocycles. The van der Waals surface area contributed by atoms with Crippen molar-refractivity contribution in [1.82, 2.24) is 5.32 Å². The van der Waals surface area contributed by atoms with Crippen molar-refractivity contribution in [2.45, 2.75) is 18.4 Å². The lowest BCUT2D eigenvalue weighted by molar-refractivity contribution is 0.0292. The van der Waals surface area contributed by atoms with Gasteiger partial charge in [0.15, 0.2) is 15.6 Å². The molecular formula is C17H18FNO5S. The lowest BCUT2D eigenvalue weighted by atomic mass is 9.97. The van der Waals surface area contributed by atoms with E-state index in [1.807, 2.05) is 0 Å². The summed E-state index contributed by atoms with van der Waals surface area (Å²) < 4.78 is 42.0. The van der Waals surface area contributed by atoms with Gasteiger partial charge in [-0.15, -0.1) is 0 Å². The zero-order chi connectivity index (χ0) is 18.1. The number of sulfone groups is 1. The number of hydrogen-bond acceptors (Lipinski definition) is 5. The summed E-state index contributed by atoms with van der Waals surface area (Å²) >= 11 is 0. The molecule has 0 unspecified atom stereocenters. The van der Waals surface area contributed by atoms with Gasteiger partial charge in [0.2, 0.25) is 0 Å². The maximum atomic E-state index is 13.7. The van der Waals surface area contributed by atoms with Gasteiger partial charge in [-0.1, -0.05) is 12.1 Å². The molecule has 3 rings (SSSR count). The number of aliphatic hydroxyl groups is 1. The summed E-state index contributed by atoms with van der Waals surface area (Å²) in [7, 11) is -3.10. The van der Waals surface area contributed by atoms with Crippen LogP contribution in [0.3, 0.4) is 0 Å². The van der Waals surface area contributed by atoms with E-state index in [-0.39, 0.29) is 48.0 Å². The van der Waals surface area contributed by atoms with Crippen LogP contribution in [0.5, 0.6) is 0 Å². The van der Waals surface area contributed by atoms with E-state index in [0.29, 0.717) is 0 Å². The zero-order valence-electron chi connectivity index (χ0n) is 13.4. The molecule has 1 fully saturated rings. The van der Waals surface area contributed by atoms with Crippen molar-refractivity contribution in [3.05, 3.63) is 48.0 Å². The van der Waals surface area contributed by atoms with Crippen LogP contribution in [0, 0.1) is 5.82 Å². The van der Waals surface area contributed by atoms with E-state index in [2.05, 4.69) is 5.32 Å². The van der Waals surface area contributed by atoms with Gasteiger partial charge in [0.05, 0.1) is 22.7 Å². The van der Waals surface area contributed by atoms with E-state index < -0.39 is 27.2 Å². The molecule has 0 radical (unpaired) electrons. The number of halogens is 1. The van der Waals surface area contributed by atoms with E-state index in [1.165, 1.54) is 18.2 Å². The van der Waals surface area contributed by atoms with Crippen LogP contribution in [-0.4, -0.2) is 43.1 Å². The highest BCUT2D eigenvalue weighted by atomic mass is 32.2. The lowest BCUT2D eigenvalue weighted by Gasteiger charge is -2.31. The summed E-state index contributed by atoms with van der Waals surface area (Å²) in [5.41, 5.74) is -1.00. The number of amides is 1. The number of hydrogen-bond donors (Lipinski definition) is 2. The van der Waals surface area contributed by atoms with Crippen LogP contribution >= 0.6 is 0 Å². The van der Waals surface area contributed by atoms with Gasteiger partial charge in [-0.25, -0.2) is 12.8 Å². The van der Waals surface area contributed by atoms with Crippen molar-refractivity contribution in [1.29, 1.82) is 0 Å². The highest BCUT2D eigenvalue weighted by Crippen LogP contribution is 2.25. The van der Waals surface area contributed by atoms with Crippen molar-refractivity contribution in [3.63, 3.8) is 0 Å². The Morgan fingerprint density at radius 1 is 1.20 bits per heavy atom. The van der Waals surface area contributed by atoms with Crippen LogP contribution in [0.4, 0.5) is 4.39 Å². The summed E-state index contributed by atoms with van der Waals surface area (Å²) in [6, 6.07) is 8.97. The van der Waals surface area contributed by atoms with Crippen LogP contribution in [0.25, 0.3) is 11.3 Å². The Morgan fingerprint density at radius 3 is 2.56 bits per heavy atom. The standard InChI is InChI=1S/C17H18FNO5S/c18-13-4-2-1-3-12(13)14-5-6-15(24-14)16(20)19-11-17(21)7-9-25(22,23)10-8-17/h1-6,21H,7-11H2,(H,19,20). The van der Waals surface area contributed by atoms with Crippen LogP contribution in [0.2, 0.25) is 0 Å². The predicted molar refractivity (Wildman–Crippen MR) is 89.3 cm³/mol. The number of furan rings is 1. The van der Waals surface area contributed by atoms with E-state index in [1.54, 1.807) is 18.2 Å². The first-order valence-corrected chi connectivity index (χ1v) is 9.66. The van der Waals surface area contributed by atoms with Crippen molar-refractivity contribution in [2.24, 2.45) is 0 Å². The third kappa shape index (κ3) is 4.08. The predicted octanol–water partition coefficient (Wildman–Crippen LogP) is 1.76. The highest BCUT2D eigenvalue weighted by Gasteiger charge is 2.35. The minimum absolute atomic E-state index is 0.00900. The average molecular weight is 367 g/mol. The molecule has 1 aromatic carbocycles. The van der Waals surface area contributed by atoms with Crippen LogP contribution < -0.4 is 5.32 Å². The molecule has 1 amide bonds. The molecule has 1 aliphatic rings. The summed E-state index contributed by atoms with van der Waals surface area (Å²) in [5.74, 6) is -0.989. The average Bonchev–Trinajstić information content (AvgIpc) is 3.06. The first kappa shape index (κ1) is 17.6. The smallest absolute Gasteiger partial charge is 0.287 e. The van der Waals surface area contributed by atoms with Crippen molar-refractivity contribution in [2.75, 3.05) is 18.1 Å². The number of carbonyl (C=O) groups is 1. The molecule has 0 spiro atoms. The minimum Gasteiger partial charge on any atom is -0.451 e. The maximum absolute atomic E-state index is 13.7. The van der Waals surface area contributed by atoms with Gasteiger partial charge >= 0.3 is 0 Å². The third-order valence-electron chi connectivity index (χ3n) is 4.30. The number of rotatable bonds is 4. The van der Waals surface area contributed by atoms with Crippen molar-refractivity contribution < 1.29 is 27.1 Å². The third-order valence-corrected chi connectivity index (χ3v) is 5.96. The Balaban J connectivity index is 1.64. The van der Waals surface area contributed by atoms with Gasteiger partial charge in [0.25, 0.3) is 5.91 Å². The normalized spacial score (nSPS) is 18.6. The maximum Gasteiger partial charge on any atom is 0.287 e. The number of nitrogens with one attached hydrogen (secondary N) is 1. The first-order chi connectivity index (χ1) is 11.8. The lowest BCUT2D eigenvalue weighted by Crippen LogP contribution is -2.48. The molecular weight excluding hydrogens is 349 g/mol. The Bertz CT molecular complexity index is 876. The van der Waals surface area contributed by atoms with Gasteiger partial charge < -0.3 is 14.8 Å². The zero-order valence-corrected chi connectivity index (χ0v) is 14.2. The van der Waals surface area contributed by atoms with Crippen LogP contribution in [-0.2, 0) is 9.84 Å². The van der Waals surface area contributed by atoms with Gasteiger partial charge in [-0.3, -0.25) is 4.79 Å². The second kappa shape index (κ2) is 6.61. The fourth-order valence-electron chi connectivity index (χ4n) is 2.69. The van der Waals surface area contributed by atoms with Gasteiger partial charge in [-0.05, 0) is 37.1 Å². The summed E-state index contributed by atoms with van der Waals surface area (Å²) in [6.45, 7) is -0.0723. The Morgan fingerprint density at radius 2 is 1.88 bits per heavy atom. The molecule has 134 valence electrons. The summed E-state index contributed by atoms with van der Waals surface area (Å²) in [5, 5.41) is 12.9. The van der Waals surface area contributed by atoms with Crippen LogP contribution in [0.15, 0.2) is 40.8 Å². The molecule has 0 aliphatic carbocycles. The highest BCUT2D eigenvalue weighted by molar-refractivity contribution is 7.91. The molecule has 25 heavy (non-hydrogen) atoms. The fraction of sp³-hybridized carbons (Fsp3) is 0.353.